The molecule has 1 aromatic carbocycles. The van der Waals surface area contributed by atoms with E-state index in [1.165, 1.54) is 6.42 Å². The molecule has 2 N–H and O–H groups in total. The van der Waals surface area contributed by atoms with Crippen LogP contribution in [-0.4, -0.2) is 16.6 Å². The summed E-state index contributed by atoms with van der Waals surface area (Å²) in [5.41, 5.74) is 1.09. The predicted molar refractivity (Wildman–Crippen MR) is 81.9 cm³/mol. The van der Waals surface area contributed by atoms with Gasteiger partial charge < -0.3 is 10.4 Å². The Hall–Kier alpha value is -1.35. The summed E-state index contributed by atoms with van der Waals surface area (Å²) in [7, 11) is 0. The van der Waals surface area contributed by atoms with E-state index in [1.54, 1.807) is 0 Å². The highest BCUT2D eigenvalue weighted by Gasteiger charge is 2.60. The Morgan fingerprint density at radius 3 is 2.48 bits per heavy atom. The highest BCUT2D eigenvalue weighted by Crippen LogP contribution is 2.61. The van der Waals surface area contributed by atoms with E-state index in [2.05, 4.69) is 5.32 Å². The number of aryl methyl sites for hydroxylation is 1. The van der Waals surface area contributed by atoms with Crippen molar-refractivity contribution in [2.24, 2.45) is 17.3 Å². The monoisotopic (exact) mass is 285 g/mol. The molecule has 0 radical (unpaired) electrons. The van der Waals surface area contributed by atoms with Gasteiger partial charge in [0.25, 0.3) is 0 Å². The largest absolute Gasteiger partial charge is 0.390 e. The van der Waals surface area contributed by atoms with Crippen molar-refractivity contribution in [2.45, 2.75) is 51.0 Å². The normalized spacial score (nSPS) is 40.3. The van der Waals surface area contributed by atoms with Gasteiger partial charge in [0.2, 0.25) is 5.91 Å². The second-order valence-corrected chi connectivity index (χ2v) is 7.73. The number of anilines is 1. The molecule has 0 heterocycles. The summed E-state index contributed by atoms with van der Waals surface area (Å²) in [5.74, 6) is 1.21. The van der Waals surface area contributed by atoms with Crippen LogP contribution in [0.3, 0.4) is 0 Å². The molecular weight excluding hydrogens is 262 g/mol. The van der Waals surface area contributed by atoms with Crippen LogP contribution < -0.4 is 5.32 Å². The van der Waals surface area contributed by atoms with E-state index in [0.717, 1.165) is 36.9 Å². The molecule has 0 aliphatic heterocycles. The Morgan fingerprint density at radius 2 is 1.86 bits per heavy atom. The van der Waals surface area contributed by atoms with E-state index in [4.69, 9.17) is 0 Å². The molecule has 5 rings (SSSR count). The summed E-state index contributed by atoms with van der Waals surface area (Å²) in [4.78, 5) is 12.9. The van der Waals surface area contributed by atoms with Crippen LogP contribution in [0.4, 0.5) is 5.69 Å². The fourth-order valence-electron chi connectivity index (χ4n) is 5.45. The fraction of sp³-hybridized carbons (Fsp3) is 0.611. The van der Waals surface area contributed by atoms with E-state index < -0.39 is 5.60 Å². The van der Waals surface area contributed by atoms with Crippen molar-refractivity contribution in [3.05, 3.63) is 29.8 Å². The highest BCUT2D eigenvalue weighted by atomic mass is 16.3. The minimum absolute atomic E-state index is 0.129. The molecule has 3 heteroatoms. The number of benzene rings is 1. The topological polar surface area (TPSA) is 49.3 Å². The molecule has 0 spiro atoms. The third-order valence-electron chi connectivity index (χ3n) is 5.91. The van der Waals surface area contributed by atoms with Crippen LogP contribution in [0, 0.1) is 24.2 Å². The number of hydrogen-bond acceptors (Lipinski definition) is 2. The average molecular weight is 285 g/mol. The lowest BCUT2D eigenvalue weighted by Crippen LogP contribution is -2.59. The van der Waals surface area contributed by atoms with Gasteiger partial charge in [-0.25, -0.2) is 0 Å². The number of amides is 1. The van der Waals surface area contributed by atoms with Gasteiger partial charge in [0.05, 0.1) is 11.0 Å². The van der Waals surface area contributed by atoms with Crippen molar-refractivity contribution in [1.29, 1.82) is 0 Å². The Kier molecular flexibility index (Phi) is 2.74. The van der Waals surface area contributed by atoms with Gasteiger partial charge in [0, 0.05) is 5.69 Å². The van der Waals surface area contributed by atoms with Crippen LogP contribution in [0.1, 0.15) is 44.1 Å². The van der Waals surface area contributed by atoms with Gasteiger partial charge in [-0.2, -0.15) is 0 Å². The second-order valence-electron chi connectivity index (χ2n) is 7.73. The van der Waals surface area contributed by atoms with Gasteiger partial charge >= 0.3 is 0 Å². The smallest absolute Gasteiger partial charge is 0.230 e. The van der Waals surface area contributed by atoms with E-state index in [1.807, 2.05) is 31.2 Å². The van der Waals surface area contributed by atoms with Gasteiger partial charge in [0.1, 0.15) is 0 Å². The molecule has 4 fully saturated rings. The Labute approximate surface area is 125 Å². The summed E-state index contributed by atoms with van der Waals surface area (Å²) in [5, 5.41) is 13.9. The third-order valence-corrected chi connectivity index (χ3v) is 5.91. The molecule has 4 aliphatic rings. The minimum Gasteiger partial charge on any atom is -0.390 e. The van der Waals surface area contributed by atoms with E-state index in [0.29, 0.717) is 18.3 Å². The summed E-state index contributed by atoms with van der Waals surface area (Å²) in [6, 6.07) is 7.92. The first-order chi connectivity index (χ1) is 9.98. The van der Waals surface area contributed by atoms with Crippen molar-refractivity contribution >= 4 is 11.6 Å². The molecule has 4 saturated carbocycles. The van der Waals surface area contributed by atoms with Crippen molar-refractivity contribution in [2.75, 3.05) is 5.32 Å². The molecule has 4 aliphatic carbocycles. The van der Waals surface area contributed by atoms with E-state index >= 15 is 0 Å². The maximum atomic E-state index is 12.9. The van der Waals surface area contributed by atoms with Crippen LogP contribution in [-0.2, 0) is 4.79 Å². The molecule has 21 heavy (non-hydrogen) atoms. The number of carbonyl (C=O) groups excluding carboxylic acids is 1. The molecule has 4 atom stereocenters. The van der Waals surface area contributed by atoms with Crippen molar-refractivity contribution < 1.29 is 9.90 Å². The number of nitrogens with one attached hydrogen (secondary N) is 1. The zero-order valence-electron chi connectivity index (χ0n) is 12.6. The zero-order chi connectivity index (χ0) is 14.7. The molecular formula is C18H23NO2. The number of aliphatic hydroxyl groups is 1. The fourth-order valence-corrected chi connectivity index (χ4v) is 5.45. The van der Waals surface area contributed by atoms with Crippen LogP contribution in [0.15, 0.2) is 24.3 Å². The molecule has 1 aromatic rings. The summed E-state index contributed by atoms with van der Waals surface area (Å²) < 4.78 is 0. The van der Waals surface area contributed by atoms with E-state index in [9.17, 15) is 9.90 Å². The van der Waals surface area contributed by atoms with Gasteiger partial charge in [-0.1, -0.05) is 18.2 Å². The molecule has 4 bridgehead atoms. The summed E-state index contributed by atoms with van der Waals surface area (Å²) in [6.45, 7) is 2.02. The molecule has 112 valence electrons. The number of para-hydroxylation sites is 1. The molecule has 1 amide bonds. The first-order valence-electron chi connectivity index (χ1n) is 8.08. The SMILES string of the molecule is Cc1ccccc1NC(=O)C12C[C@@H]3C[C@@H](CC(O)(C3)C1)C2. The Bertz CT molecular complexity index is 581. The Morgan fingerprint density at radius 1 is 1.19 bits per heavy atom. The lowest BCUT2D eigenvalue weighted by atomic mass is 9.47. The number of carbonyl (C=O) groups is 1. The van der Waals surface area contributed by atoms with Crippen LogP contribution in [0.5, 0.6) is 0 Å². The molecule has 2 unspecified atom stereocenters. The third kappa shape index (κ3) is 2.10. The molecule has 3 nitrogen and oxygen atoms in total. The minimum atomic E-state index is -0.576. The second kappa shape index (κ2) is 4.33. The van der Waals surface area contributed by atoms with Gasteiger partial charge in [-0.05, 0) is 68.9 Å². The van der Waals surface area contributed by atoms with Crippen LogP contribution in [0.2, 0.25) is 0 Å². The molecule has 0 saturated heterocycles. The molecule has 0 aromatic heterocycles. The zero-order valence-corrected chi connectivity index (χ0v) is 12.6. The summed E-state index contributed by atoms with van der Waals surface area (Å²) in [6.07, 6.45) is 5.60. The van der Waals surface area contributed by atoms with Crippen LogP contribution in [0.25, 0.3) is 0 Å². The standard InChI is InChI=1S/C18H23NO2/c1-12-4-2-3-5-15(12)19-16(20)17-7-13-6-14(8-17)10-18(21,9-13)11-17/h2-5,13-14,21H,6-11H2,1H3,(H,19,20)/t13-,14+,17?,18?. The lowest BCUT2D eigenvalue weighted by molar-refractivity contribution is -0.174. The maximum Gasteiger partial charge on any atom is 0.230 e. The summed E-state index contributed by atoms with van der Waals surface area (Å²) >= 11 is 0. The quantitative estimate of drug-likeness (QED) is 0.876. The maximum absolute atomic E-state index is 12.9. The lowest BCUT2D eigenvalue weighted by Gasteiger charge is -2.59. The van der Waals surface area contributed by atoms with E-state index in [-0.39, 0.29) is 11.3 Å². The van der Waals surface area contributed by atoms with Crippen molar-refractivity contribution in [3.8, 4) is 0 Å². The van der Waals surface area contributed by atoms with Crippen LogP contribution >= 0.6 is 0 Å². The first-order valence-corrected chi connectivity index (χ1v) is 8.08. The number of hydrogen-bond donors (Lipinski definition) is 2. The van der Waals surface area contributed by atoms with Crippen molar-refractivity contribution in [1.82, 2.24) is 0 Å². The van der Waals surface area contributed by atoms with Gasteiger partial charge in [0.15, 0.2) is 0 Å². The predicted octanol–water partition coefficient (Wildman–Crippen LogP) is 3.26. The average Bonchev–Trinajstić information content (AvgIpc) is 2.38. The van der Waals surface area contributed by atoms with Gasteiger partial charge in [-0.3, -0.25) is 4.79 Å². The highest BCUT2D eigenvalue weighted by molar-refractivity contribution is 5.96. The Balaban J connectivity index is 1.61. The first kappa shape index (κ1) is 13.3. The number of rotatable bonds is 2. The van der Waals surface area contributed by atoms with Crippen molar-refractivity contribution in [3.63, 3.8) is 0 Å². The van der Waals surface area contributed by atoms with Gasteiger partial charge in [-0.15, -0.1) is 0 Å².